The fraction of sp³-hybridized carbons (Fsp3) is 0.370. The normalized spacial score (nSPS) is 11.7. The number of likely N-dealkylation sites (N-methyl/N-ethyl adjacent to an activating group) is 1. The van der Waals surface area contributed by atoms with Crippen molar-refractivity contribution < 1.29 is 19.1 Å². The van der Waals surface area contributed by atoms with E-state index in [1.165, 1.54) is 16.2 Å². The van der Waals surface area contributed by atoms with Crippen molar-refractivity contribution in [1.29, 1.82) is 0 Å². The number of esters is 1. The van der Waals surface area contributed by atoms with Gasteiger partial charge >= 0.3 is 5.97 Å². The van der Waals surface area contributed by atoms with E-state index < -0.39 is 17.7 Å². The van der Waals surface area contributed by atoms with E-state index in [1.807, 2.05) is 67.8 Å². The Morgan fingerprint density at radius 2 is 1.69 bits per heavy atom. The molecule has 1 unspecified atom stereocenters. The molecule has 0 aliphatic rings. The first-order valence-electron chi connectivity index (χ1n) is 11.5. The van der Waals surface area contributed by atoms with E-state index in [0.29, 0.717) is 22.3 Å². The molecule has 3 rings (SSSR count). The van der Waals surface area contributed by atoms with E-state index >= 15 is 0 Å². The minimum atomic E-state index is -0.877. The van der Waals surface area contributed by atoms with Gasteiger partial charge in [-0.2, -0.15) is 0 Å². The Morgan fingerprint density at radius 1 is 1.06 bits per heavy atom. The number of amides is 1. The fourth-order valence-electron chi connectivity index (χ4n) is 3.11. The average molecular weight is 517 g/mol. The topological polar surface area (TPSA) is 68.7 Å². The Bertz CT molecular complexity index is 1100. The van der Waals surface area contributed by atoms with Crippen molar-refractivity contribution in [2.75, 3.05) is 18.6 Å². The zero-order valence-corrected chi connectivity index (χ0v) is 22.7. The number of carbonyl (C=O) groups is 2. The van der Waals surface area contributed by atoms with Crippen molar-refractivity contribution in [1.82, 2.24) is 4.98 Å². The highest BCUT2D eigenvalue weighted by Crippen LogP contribution is 2.31. The van der Waals surface area contributed by atoms with E-state index in [9.17, 15) is 9.59 Å². The molecule has 0 aliphatic carbocycles. The maximum atomic E-state index is 13.3. The van der Waals surface area contributed by atoms with E-state index in [1.54, 1.807) is 33.9 Å². The molecule has 0 aliphatic heterocycles. The molecule has 6 nitrogen and oxygen atoms in total. The number of rotatable bonds is 8. The van der Waals surface area contributed by atoms with E-state index in [4.69, 9.17) is 21.1 Å². The van der Waals surface area contributed by atoms with Gasteiger partial charge in [0.1, 0.15) is 18.3 Å². The van der Waals surface area contributed by atoms with Gasteiger partial charge in [-0.05, 0) is 32.4 Å². The summed E-state index contributed by atoms with van der Waals surface area (Å²) < 4.78 is 11.1. The number of hydrogen-bond donors (Lipinski definition) is 0. The summed E-state index contributed by atoms with van der Waals surface area (Å²) in [5, 5.41) is 2.95. The summed E-state index contributed by atoms with van der Waals surface area (Å²) >= 11 is 7.62. The lowest BCUT2D eigenvalue weighted by molar-refractivity contribution is -0.163. The molecular weight excluding hydrogens is 484 g/mol. The number of aromatic nitrogens is 1. The van der Waals surface area contributed by atoms with Gasteiger partial charge in [0.05, 0.1) is 5.69 Å². The van der Waals surface area contributed by atoms with Gasteiger partial charge in [0.15, 0.2) is 5.13 Å². The SMILES string of the molecule is CC.CN(C(=O)C(Cc1ccccc1)OCC(=O)OC(C)(C)C)c1nc(-c2ccccc2Cl)cs1. The van der Waals surface area contributed by atoms with Gasteiger partial charge in [0.25, 0.3) is 5.91 Å². The predicted molar refractivity (Wildman–Crippen MR) is 143 cm³/mol. The minimum absolute atomic E-state index is 0.303. The van der Waals surface area contributed by atoms with Gasteiger partial charge < -0.3 is 9.47 Å². The van der Waals surface area contributed by atoms with Gasteiger partial charge in [-0.15, -0.1) is 11.3 Å². The monoisotopic (exact) mass is 516 g/mol. The predicted octanol–water partition coefficient (Wildman–Crippen LogP) is 6.42. The Balaban J connectivity index is 0.00000210. The molecule has 0 saturated carbocycles. The Morgan fingerprint density at radius 3 is 2.31 bits per heavy atom. The molecule has 188 valence electrons. The molecule has 1 heterocycles. The van der Waals surface area contributed by atoms with Gasteiger partial charge in [-0.25, -0.2) is 9.78 Å². The highest BCUT2D eigenvalue weighted by molar-refractivity contribution is 7.14. The number of carbonyl (C=O) groups excluding carboxylic acids is 2. The molecule has 35 heavy (non-hydrogen) atoms. The van der Waals surface area contributed by atoms with E-state index in [2.05, 4.69) is 4.98 Å². The van der Waals surface area contributed by atoms with Crippen molar-refractivity contribution in [3.8, 4) is 11.3 Å². The van der Waals surface area contributed by atoms with Crippen LogP contribution in [0.2, 0.25) is 5.02 Å². The average Bonchev–Trinajstić information content (AvgIpc) is 3.32. The second kappa shape index (κ2) is 13.4. The largest absolute Gasteiger partial charge is 0.458 e. The lowest BCUT2D eigenvalue weighted by Crippen LogP contribution is -2.41. The van der Waals surface area contributed by atoms with Gasteiger partial charge in [0.2, 0.25) is 0 Å². The molecule has 1 atom stereocenters. The smallest absolute Gasteiger partial charge is 0.332 e. The van der Waals surface area contributed by atoms with Gasteiger partial charge in [-0.3, -0.25) is 9.69 Å². The number of thiazole rings is 1. The van der Waals surface area contributed by atoms with Crippen LogP contribution in [0.15, 0.2) is 60.0 Å². The number of hydrogen-bond acceptors (Lipinski definition) is 6. The lowest BCUT2D eigenvalue weighted by Gasteiger charge is -2.24. The van der Waals surface area contributed by atoms with Crippen LogP contribution in [0.5, 0.6) is 0 Å². The second-order valence-corrected chi connectivity index (χ2v) is 9.71. The number of halogens is 1. The van der Waals surface area contributed by atoms with Crippen LogP contribution in [0.25, 0.3) is 11.3 Å². The molecule has 0 spiro atoms. The van der Waals surface area contributed by atoms with Crippen molar-refractivity contribution in [2.24, 2.45) is 0 Å². The van der Waals surface area contributed by atoms with Crippen LogP contribution in [0.4, 0.5) is 5.13 Å². The third-order valence-corrected chi connectivity index (χ3v) is 5.87. The van der Waals surface area contributed by atoms with Crippen LogP contribution in [-0.2, 0) is 25.5 Å². The summed E-state index contributed by atoms with van der Waals surface area (Å²) in [7, 11) is 1.65. The number of ether oxygens (including phenoxy) is 2. The molecule has 2 aromatic carbocycles. The molecule has 0 N–H and O–H groups in total. The van der Waals surface area contributed by atoms with Gasteiger partial charge in [0, 0.05) is 29.4 Å². The molecule has 1 amide bonds. The van der Waals surface area contributed by atoms with Crippen LogP contribution in [0.1, 0.15) is 40.2 Å². The summed E-state index contributed by atoms with van der Waals surface area (Å²) in [6, 6.07) is 16.9. The highest BCUT2D eigenvalue weighted by atomic mass is 35.5. The summed E-state index contributed by atoms with van der Waals surface area (Å²) in [5.41, 5.74) is 1.77. The summed E-state index contributed by atoms with van der Waals surface area (Å²) in [5.74, 6) is -0.825. The lowest BCUT2D eigenvalue weighted by atomic mass is 10.1. The molecule has 0 bridgehead atoms. The molecule has 1 aromatic heterocycles. The summed E-state index contributed by atoms with van der Waals surface area (Å²) in [6.07, 6.45) is -0.562. The Hall–Kier alpha value is -2.74. The molecule has 3 aromatic rings. The Labute approximate surface area is 216 Å². The molecule has 0 radical (unpaired) electrons. The first-order chi connectivity index (χ1) is 16.6. The van der Waals surface area contributed by atoms with Gasteiger partial charge in [-0.1, -0.05) is 74.0 Å². The van der Waals surface area contributed by atoms with Crippen molar-refractivity contribution in [2.45, 2.75) is 52.7 Å². The summed E-state index contributed by atoms with van der Waals surface area (Å²) in [4.78, 5) is 31.6. The molecule has 0 fully saturated rings. The van der Waals surface area contributed by atoms with Crippen LogP contribution in [0.3, 0.4) is 0 Å². The Kier molecular flexibility index (Phi) is 10.9. The molecule has 8 heteroatoms. The first kappa shape index (κ1) is 28.5. The standard InChI is InChI=1S/C25H27ClN2O4S.C2H6/c1-25(2,3)32-22(29)15-31-21(14-17-10-6-5-7-11-17)23(30)28(4)24-27-20(16-33-24)18-12-8-9-13-19(18)26;1-2/h5-13,16,21H,14-15H2,1-4H3;1-2H3. The molecular formula is C27H33ClN2O4S. The van der Waals surface area contributed by atoms with Crippen LogP contribution in [0, 0.1) is 0 Å². The van der Waals surface area contributed by atoms with E-state index in [-0.39, 0.29) is 12.5 Å². The maximum absolute atomic E-state index is 13.3. The maximum Gasteiger partial charge on any atom is 0.332 e. The molecule has 0 saturated heterocycles. The van der Waals surface area contributed by atoms with Crippen molar-refractivity contribution in [3.05, 3.63) is 70.6 Å². The third-order valence-electron chi connectivity index (χ3n) is 4.62. The third kappa shape index (κ3) is 8.76. The zero-order chi connectivity index (χ0) is 26.0. The van der Waals surface area contributed by atoms with Crippen LogP contribution >= 0.6 is 22.9 Å². The number of nitrogens with zero attached hydrogens (tertiary/aromatic N) is 2. The van der Waals surface area contributed by atoms with E-state index in [0.717, 1.165) is 11.1 Å². The second-order valence-electron chi connectivity index (χ2n) is 8.47. The number of benzene rings is 2. The first-order valence-corrected chi connectivity index (χ1v) is 12.7. The highest BCUT2D eigenvalue weighted by Gasteiger charge is 2.28. The minimum Gasteiger partial charge on any atom is -0.458 e. The quantitative estimate of drug-likeness (QED) is 0.323. The van der Waals surface area contributed by atoms with Crippen molar-refractivity contribution in [3.63, 3.8) is 0 Å². The zero-order valence-electron chi connectivity index (χ0n) is 21.1. The number of anilines is 1. The summed E-state index contributed by atoms with van der Waals surface area (Å²) in [6.45, 7) is 9.02. The van der Waals surface area contributed by atoms with Crippen LogP contribution in [-0.4, -0.2) is 42.2 Å². The van der Waals surface area contributed by atoms with Crippen molar-refractivity contribution >= 4 is 39.9 Å². The van der Waals surface area contributed by atoms with Crippen LogP contribution < -0.4 is 4.90 Å². The fourth-order valence-corrected chi connectivity index (χ4v) is 4.13.